The molecule has 4 rings (SSSR count). The van der Waals surface area contributed by atoms with Crippen LogP contribution in [0.15, 0.2) is 48.7 Å². The number of nitrogens with zero attached hydrogens (tertiary/aromatic N) is 2. The molecule has 166 valence electrons. The Kier molecular flexibility index (Phi) is 6.37. The minimum atomic E-state index is -1.04. The van der Waals surface area contributed by atoms with E-state index in [2.05, 4.69) is 10.3 Å². The molecule has 1 aliphatic rings. The maximum absolute atomic E-state index is 14.2. The Morgan fingerprint density at radius 2 is 1.78 bits per heavy atom. The fraction of sp³-hybridized carbons (Fsp3) is 0.250. The highest BCUT2D eigenvalue weighted by atomic mass is 35.5. The topological polar surface area (TPSA) is 45.2 Å². The Balaban J connectivity index is 1.56. The summed E-state index contributed by atoms with van der Waals surface area (Å²) in [6.45, 7) is 2.68. The van der Waals surface area contributed by atoms with Gasteiger partial charge < -0.3 is 10.2 Å². The summed E-state index contributed by atoms with van der Waals surface area (Å²) in [4.78, 5) is 19.1. The summed E-state index contributed by atoms with van der Waals surface area (Å²) in [5.41, 5.74) is 1.93. The molecule has 0 atom stereocenters. The molecule has 1 N–H and O–H groups in total. The first-order chi connectivity index (χ1) is 15.3. The van der Waals surface area contributed by atoms with Crippen molar-refractivity contribution >= 4 is 28.9 Å². The lowest BCUT2D eigenvalue weighted by Crippen LogP contribution is -2.38. The number of pyridine rings is 1. The Hall–Kier alpha value is -3.06. The third-order valence-electron chi connectivity index (χ3n) is 5.83. The van der Waals surface area contributed by atoms with Crippen LogP contribution >= 0.6 is 11.6 Å². The van der Waals surface area contributed by atoms with Gasteiger partial charge in [-0.2, -0.15) is 0 Å². The number of aromatic nitrogens is 1. The molecule has 1 aliphatic heterocycles. The average Bonchev–Trinajstić information content (AvgIpc) is 2.80. The van der Waals surface area contributed by atoms with E-state index in [-0.39, 0.29) is 34.0 Å². The van der Waals surface area contributed by atoms with Crippen molar-refractivity contribution in [1.29, 1.82) is 0 Å². The van der Waals surface area contributed by atoms with E-state index in [1.807, 2.05) is 0 Å². The minimum Gasteiger partial charge on any atom is -0.352 e. The summed E-state index contributed by atoms with van der Waals surface area (Å²) >= 11 is 6.14. The SMILES string of the molecule is Cc1c(Cl)ncc(C(=O)N2CCC(c3ccc(F)cc3)CC2)c1Nc1cccc(F)c1F. The molecule has 0 saturated carbocycles. The van der Waals surface area contributed by atoms with E-state index in [1.165, 1.54) is 30.5 Å². The molecule has 1 amide bonds. The number of piperidine rings is 1. The van der Waals surface area contributed by atoms with Crippen molar-refractivity contribution in [3.05, 3.63) is 88.0 Å². The first-order valence-electron chi connectivity index (χ1n) is 10.3. The smallest absolute Gasteiger partial charge is 0.257 e. The van der Waals surface area contributed by atoms with Gasteiger partial charge in [0, 0.05) is 24.8 Å². The van der Waals surface area contributed by atoms with Gasteiger partial charge in [0.25, 0.3) is 5.91 Å². The number of rotatable bonds is 4. The normalized spacial score (nSPS) is 14.5. The molecule has 4 nitrogen and oxygen atoms in total. The van der Waals surface area contributed by atoms with Gasteiger partial charge >= 0.3 is 0 Å². The van der Waals surface area contributed by atoms with Gasteiger partial charge in [0.05, 0.1) is 16.9 Å². The summed E-state index contributed by atoms with van der Waals surface area (Å²) in [6.07, 6.45) is 2.82. The molecule has 1 aromatic heterocycles. The molecule has 1 fully saturated rings. The van der Waals surface area contributed by atoms with Gasteiger partial charge in [-0.1, -0.05) is 29.8 Å². The van der Waals surface area contributed by atoms with Gasteiger partial charge in [0.2, 0.25) is 0 Å². The van der Waals surface area contributed by atoms with E-state index in [0.29, 0.717) is 24.3 Å². The van der Waals surface area contributed by atoms with Crippen molar-refractivity contribution in [3.8, 4) is 0 Å². The van der Waals surface area contributed by atoms with Gasteiger partial charge in [-0.15, -0.1) is 0 Å². The van der Waals surface area contributed by atoms with Crippen molar-refractivity contribution in [1.82, 2.24) is 9.88 Å². The molecule has 32 heavy (non-hydrogen) atoms. The Labute approximate surface area is 189 Å². The fourth-order valence-corrected chi connectivity index (χ4v) is 4.11. The second kappa shape index (κ2) is 9.20. The number of anilines is 2. The van der Waals surface area contributed by atoms with Gasteiger partial charge in [-0.25, -0.2) is 18.2 Å². The first kappa shape index (κ1) is 22.1. The van der Waals surface area contributed by atoms with Crippen molar-refractivity contribution < 1.29 is 18.0 Å². The number of likely N-dealkylation sites (tertiary alicyclic amines) is 1. The van der Waals surface area contributed by atoms with Crippen LogP contribution in [0.2, 0.25) is 5.15 Å². The van der Waals surface area contributed by atoms with Crippen LogP contribution < -0.4 is 5.32 Å². The van der Waals surface area contributed by atoms with E-state index in [0.717, 1.165) is 24.5 Å². The van der Waals surface area contributed by atoms with Crippen LogP contribution in [0.1, 0.15) is 40.2 Å². The molecule has 2 heterocycles. The predicted octanol–water partition coefficient (Wildman–Crippen LogP) is 6.22. The highest BCUT2D eigenvalue weighted by Crippen LogP contribution is 2.33. The van der Waals surface area contributed by atoms with Crippen molar-refractivity contribution in [3.63, 3.8) is 0 Å². The number of hydrogen-bond donors (Lipinski definition) is 1. The highest BCUT2D eigenvalue weighted by molar-refractivity contribution is 6.30. The molecule has 2 aromatic carbocycles. The molecular formula is C24H21ClF3N3O. The molecule has 0 aliphatic carbocycles. The van der Waals surface area contributed by atoms with E-state index in [1.54, 1.807) is 24.0 Å². The van der Waals surface area contributed by atoms with Crippen LogP contribution in [-0.2, 0) is 0 Å². The van der Waals surface area contributed by atoms with Gasteiger partial charge in [-0.05, 0) is 55.5 Å². The zero-order valence-electron chi connectivity index (χ0n) is 17.3. The molecule has 8 heteroatoms. The van der Waals surface area contributed by atoms with Crippen molar-refractivity contribution in [2.75, 3.05) is 18.4 Å². The van der Waals surface area contributed by atoms with Gasteiger partial charge in [0.1, 0.15) is 11.0 Å². The van der Waals surface area contributed by atoms with Crippen molar-refractivity contribution in [2.45, 2.75) is 25.7 Å². The Morgan fingerprint density at radius 3 is 2.47 bits per heavy atom. The molecule has 0 bridgehead atoms. The largest absolute Gasteiger partial charge is 0.352 e. The summed E-state index contributed by atoms with van der Waals surface area (Å²) in [5.74, 6) is -2.35. The van der Waals surface area contributed by atoms with Crippen LogP contribution in [-0.4, -0.2) is 28.9 Å². The Morgan fingerprint density at radius 1 is 1.09 bits per heavy atom. The number of carbonyl (C=O) groups excluding carboxylic acids is 1. The third kappa shape index (κ3) is 4.43. The van der Waals surface area contributed by atoms with Crippen LogP contribution in [0.3, 0.4) is 0 Å². The lowest BCUT2D eigenvalue weighted by Gasteiger charge is -2.33. The number of carbonyl (C=O) groups is 1. The van der Waals surface area contributed by atoms with Crippen LogP contribution in [0.5, 0.6) is 0 Å². The molecular weight excluding hydrogens is 439 g/mol. The van der Waals surface area contributed by atoms with Crippen molar-refractivity contribution in [2.24, 2.45) is 0 Å². The monoisotopic (exact) mass is 459 g/mol. The number of nitrogens with one attached hydrogen (secondary N) is 1. The van der Waals surface area contributed by atoms with E-state index in [9.17, 15) is 18.0 Å². The summed E-state index contributed by atoms with van der Waals surface area (Å²) < 4.78 is 41.1. The van der Waals surface area contributed by atoms with E-state index < -0.39 is 11.6 Å². The Bertz CT molecular complexity index is 1150. The first-order valence-corrected chi connectivity index (χ1v) is 10.6. The fourth-order valence-electron chi connectivity index (χ4n) is 3.97. The number of benzene rings is 2. The summed E-state index contributed by atoms with van der Waals surface area (Å²) in [5, 5.41) is 2.99. The zero-order valence-corrected chi connectivity index (χ0v) is 18.1. The quantitative estimate of drug-likeness (QED) is 0.471. The maximum Gasteiger partial charge on any atom is 0.257 e. The highest BCUT2D eigenvalue weighted by Gasteiger charge is 2.27. The standard InChI is InChI=1S/C24H21ClF3N3O/c1-14-22(30-20-4-2-3-19(27)21(20)28)18(13-29-23(14)25)24(32)31-11-9-16(10-12-31)15-5-7-17(26)8-6-15/h2-8,13,16H,9-12H2,1H3,(H,29,30). The maximum atomic E-state index is 14.2. The summed E-state index contributed by atoms with van der Waals surface area (Å²) in [7, 11) is 0. The number of hydrogen-bond acceptors (Lipinski definition) is 3. The molecule has 0 spiro atoms. The molecule has 1 saturated heterocycles. The second-order valence-electron chi connectivity index (χ2n) is 7.81. The predicted molar refractivity (Wildman–Crippen MR) is 118 cm³/mol. The third-order valence-corrected chi connectivity index (χ3v) is 6.21. The van der Waals surface area contributed by atoms with E-state index >= 15 is 0 Å². The lowest BCUT2D eigenvalue weighted by atomic mass is 9.89. The molecule has 0 radical (unpaired) electrons. The van der Waals surface area contributed by atoms with Gasteiger partial charge in [-0.3, -0.25) is 4.79 Å². The van der Waals surface area contributed by atoms with Crippen LogP contribution in [0, 0.1) is 24.4 Å². The molecule has 0 unspecified atom stereocenters. The van der Waals surface area contributed by atoms with Crippen LogP contribution in [0.25, 0.3) is 0 Å². The average molecular weight is 460 g/mol. The lowest BCUT2D eigenvalue weighted by molar-refractivity contribution is 0.0713. The summed E-state index contributed by atoms with van der Waals surface area (Å²) in [6, 6.07) is 10.2. The van der Waals surface area contributed by atoms with E-state index in [4.69, 9.17) is 11.6 Å². The number of amides is 1. The van der Waals surface area contributed by atoms with Crippen LogP contribution in [0.4, 0.5) is 24.5 Å². The van der Waals surface area contributed by atoms with Gasteiger partial charge in [0.15, 0.2) is 11.6 Å². The zero-order chi connectivity index (χ0) is 22.8. The second-order valence-corrected chi connectivity index (χ2v) is 8.17. The molecule has 3 aromatic rings. The number of halogens is 4. The minimum absolute atomic E-state index is 0.0977.